The van der Waals surface area contributed by atoms with Crippen molar-refractivity contribution < 1.29 is 9.90 Å². The molecule has 0 saturated heterocycles. The highest BCUT2D eigenvalue weighted by Gasteiger charge is 2.09. The minimum absolute atomic E-state index is 0.113. The van der Waals surface area contributed by atoms with Gasteiger partial charge >= 0.3 is 5.97 Å². The SMILES string of the molecule is CCc1cc(Br)ccc1Nc1ccc(C(=O)O)c(N)c1. The van der Waals surface area contributed by atoms with E-state index < -0.39 is 5.97 Å². The number of nitrogens with one attached hydrogen (secondary N) is 1. The van der Waals surface area contributed by atoms with Gasteiger partial charge in [-0.1, -0.05) is 22.9 Å². The predicted molar refractivity (Wildman–Crippen MR) is 84.6 cm³/mol. The Morgan fingerprint density at radius 3 is 2.65 bits per heavy atom. The molecule has 0 unspecified atom stereocenters. The van der Waals surface area contributed by atoms with E-state index in [4.69, 9.17) is 10.8 Å². The number of nitrogen functional groups attached to an aromatic ring is 1. The molecular weight excluding hydrogens is 320 g/mol. The highest BCUT2D eigenvalue weighted by molar-refractivity contribution is 9.10. The Balaban J connectivity index is 2.31. The molecule has 2 aromatic rings. The molecule has 0 radical (unpaired) electrons. The van der Waals surface area contributed by atoms with Crippen LogP contribution in [0.3, 0.4) is 0 Å². The minimum Gasteiger partial charge on any atom is -0.478 e. The number of hydrogen-bond donors (Lipinski definition) is 3. The molecule has 0 aliphatic carbocycles. The number of benzene rings is 2. The molecule has 0 aliphatic rings. The summed E-state index contributed by atoms with van der Waals surface area (Å²) in [5.74, 6) is -1.02. The molecule has 4 nitrogen and oxygen atoms in total. The van der Waals surface area contributed by atoms with Gasteiger partial charge in [0.05, 0.1) is 5.56 Å². The quantitative estimate of drug-likeness (QED) is 0.737. The van der Waals surface area contributed by atoms with Crippen LogP contribution in [0, 0.1) is 0 Å². The molecular formula is C15H15BrN2O2. The van der Waals surface area contributed by atoms with Gasteiger partial charge in [0.25, 0.3) is 0 Å². The lowest BCUT2D eigenvalue weighted by Crippen LogP contribution is -2.03. The van der Waals surface area contributed by atoms with E-state index in [2.05, 4.69) is 34.2 Å². The van der Waals surface area contributed by atoms with E-state index in [0.717, 1.165) is 22.3 Å². The summed E-state index contributed by atoms with van der Waals surface area (Å²) in [6.45, 7) is 2.08. The summed E-state index contributed by atoms with van der Waals surface area (Å²) < 4.78 is 1.03. The largest absolute Gasteiger partial charge is 0.478 e. The average Bonchev–Trinajstić information content (AvgIpc) is 2.40. The van der Waals surface area contributed by atoms with Crippen LogP contribution in [-0.4, -0.2) is 11.1 Å². The van der Waals surface area contributed by atoms with Gasteiger partial charge < -0.3 is 16.2 Å². The van der Waals surface area contributed by atoms with Gasteiger partial charge in [-0.2, -0.15) is 0 Å². The summed E-state index contributed by atoms with van der Waals surface area (Å²) in [5, 5.41) is 12.2. The Labute approximate surface area is 125 Å². The van der Waals surface area contributed by atoms with Crippen molar-refractivity contribution in [2.45, 2.75) is 13.3 Å². The zero-order valence-corrected chi connectivity index (χ0v) is 12.6. The van der Waals surface area contributed by atoms with Gasteiger partial charge in [0.2, 0.25) is 0 Å². The first-order valence-electron chi connectivity index (χ1n) is 6.19. The molecule has 5 heteroatoms. The van der Waals surface area contributed by atoms with Crippen LogP contribution in [0.25, 0.3) is 0 Å². The number of carbonyl (C=O) groups is 1. The number of anilines is 3. The van der Waals surface area contributed by atoms with Gasteiger partial charge in [0.1, 0.15) is 0 Å². The third-order valence-corrected chi connectivity index (χ3v) is 3.50. The molecule has 0 aliphatic heterocycles. The van der Waals surface area contributed by atoms with Gasteiger partial charge in [-0.15, -0.1) is 0 Å². The standard InChI is InChI=1S/C15H15BrN2O2/c1-2-9-7-10(16)3-6-14(9)18-11-4-5-12(15(19)20)13(17)8-11/h3-8,18H,2,17H2,1H3,(H,19,20). The fourth-order valence-corrected chi connectivity index (χ4v) is 2.38. The maximum atomic E-state index is 10.9. The van der Waals surface area contributed by atoms with Crippen LogP contribution in [0.5, 0.6) is 0 Å². The van der Waals surface area contributed by atoms with Crippen molar-refractivity contribution in [2.24, 2.45) is 0 Å². The fourth-order valence-electron chi connectivity index (χ4n) is 1.97. The zero-order chi connectivity index (χ0) is 14.7. The molecule has 20 heavy (non-hydrogen) atoms. The smallest absolute Gasteiger partial charge is 0.337 e. The second-order valence-corrected chi connectivity index (χ2v) is 5.30. The monoisotopic (exact) mass is 334 g/mol. The van der Waals surface area contributed by atoms with Crippen molar-refractivity contribution in [3.05, 3.63) is 52.0 Å². The first-order valence-corrected chi connectivity index (χ1v) is 6.99. The molecule has 4 N–H and O–H groups in total. The highest BCUT2D eigenvalue weighted by Crippen LogP contribution is 2.26. The van der Waals surface area contributed by atoms with Crippen LogP contribution in [0.2, 0.25) is 0 Å². The Bertz CT molecular complexity index is 656. The van der Waals surface area contributed by atoms with Crippen molar-refractivity contribution >= 4 is 39.0 Å². The van der Waals surface area contributed by atoms with Gasteiger partial charge in [-0.05, 0) is 48.4 Å². The van der Waals surface area contributed by atoms with E-state index in [1.807, 2.05) is 12.1 Å². The Hall–Kier alpha value is -2.01. The van der Waals surface area contributed by atoms with Crippen LogP contribution < -0.4 is 11.1 Å². The van der Waals surface area contributed by atoms with Crippen LogP contribution in [0.4, 0.5) is 17.1 Å². The van der Waals surface area contributed by atoms with Crippen LogP contribution in [0.15, 0.2) is 40.9 Å². The molecule has 0 bridgehead atoms. The topological polar surface area (TPSA) is 75.3 Å². The normalized spacial score (nSPS) is 10.3. The number of halogens is 1. The number of carboxylic acids is 1. The summed E-state index contributed by atoms with van der Waals surface area (Å²) in [6.07, 6.45) is 0.893. The maximum Gasteiger partial charge on any atom is 0.337 e. The van der Waals surface area contributed by atoms with Crippen molar-refractivity contribution in [3.63, 3.8) is 0 Å². The average molecular weight is 335 g/mol. The van der Waals surface area contributed by atoms with E-state index in [-0.39, 0.29) is 11.3 Å². The molecule has 0 amide bonds. The van der Waals surface area contributed by atoms with E-state index in [1.54, 1.807) is 12.1 Å². The first kappa shape index (κ1) is 14.4. The molecule has 0 spiro atoms. The third-order valence-electron chi connectivity index (χ3n) is 3.01. The van der Waals surface area contributed by atoms with E-state index in [1.165, 1.54) is 11.6 Å². The van der Waals surface area contributed by atoms with Gasteiger partial charge in [0, 0.05) is 21.5 Å². The van der Waals surface area contributed by atoms with Crippen LogP contribution in [-0.2, 0) is 6.42 Å². The van der Waals surface area contributed by atoms with Gasteiger partial charge in [-0.25, -0.2) is 4.79 Å². The Kier molecular flexibility index (Phi) is 4.29. The number of hydrogen-bond acceptors (Lipinski definition) is 3. The number of carboxylic acid groups (broad SMARTS) is 1. The summed E-state index contributed by atoms with van der Waals surface area (Å²) in [4.78, 5) is 10.9. The predicted octanol–water partition coefficient (Wildman–Crippen LogP) is 4.04. The lowest BCUT2D eigenvalue weighted by atomic mass is 10.1. The molecule has 0 fully saturated rings. The second kappa shape index (κ2) is 5.96. The van der Waals surface area contributed by atoms with E-state index in [0.29, 0.717) is 0 Å². The molecule has 2 aromatic carbocycles. The molecule has 0 aromatic heterocycles. The van der Waals surface area contributed by atoms with Crippen LogP contribution in [0.1, 0.15) is 22.8 Å². The lowest BCUT2D eigenvalue weighted by molar-refractivity contribution is 0.0698. The number of aryl methyl sites for hydroxylation is 1. The summed E-state index contributed by atoms with van der Waals surface area (Å²) >= 11 is 3.45. The Morgan fingerprint density at radius 2 is 2.05 bits per heavy atom. The third kappa shape index (κ3) is 3.11. The number of nitrogens with two attached hydrogens (primary N) is 1. The summed E-state index contributed by atoms with van der Waals surface area (Å²) in [5.41, 5.74) is 9.02. The molecule has 0 heterocycles. The molecule has 0 atom stereocenters. The number of aromatic carboxylic acids is 1. The minimum atomic E-state index is -1.02. The molecule has 0 saturated carbocycles. The highest BCUT2D eigenvalue weighted by atomic mass is 79.9. The molecule has 2 rings (SSSR count). The fraction of sp³-hybridized carbons (Fsp3) is 0.133. The maximum absolute atomic E-state index is 10.9. The van der Waals surface area contributed by atoms with Gasteiger partial charge in [-0.3, -0.25) is 0 Å². The van der Waals surface area contributed by atoms with E-state index in [9.17, 15) is 4.79 Å². The first-order chi connectivity index (χ1) is 9.51. The van der Waals surface area contributed by atoms with Gasteiger partial charge in [0.15, 0.2) is 0 Å². The van der Waals surface area contributed by atoms with Crippen molar-refractivity contribution in [1.29, 1.82) is 0 Å². The van der Waals surface area contributed by atoms with Crippen molar-refractivity contribution in [1.82, 2.24) is 0 Å². The Morgan fingerprint density at radius 1 is 1.30 bits per heavy atom. The lowest BCUT2D eigenvalue weighted by Gasteiger charge is -2.12. The summed E-state index contributed by atoms with van der Waals surface area (Å²) in [6, 6.07) is 10.8. The van der Waals surface area contributed by atoms with Crippen molar-refractivity contribution in [3.8, 4) is 0 Å². The van der Waals surface area contributed by atoms with Crippen LogP contribution >= 0.6 is 15.9 Å². The second-order valence-electron chi connectivity index (χ2n) is 4.39. The molecule has 104 valence electrons. The summed E-state index contributed by atoms with van der Waals surface area (Å²) in [7, 11) is 0. The number of rotatable bonds is 4. The van der Waals surface area contributed by atoms with E-state index >= 15 is 0 Å². The van der Waals surface area contributed by atoms with Crippen molar-refractivity contribution in [2.75, 3.05) is 11.1 Å². The zero-order valence-electron chi connectivity index (χ0n) is 11.0.